The summed E-state index contributed by atoms with van der Waals surface area (Å²) in [4.78, 5) is 1.43. The number of hydrogen-bond donors (Lipinski definition) is 1. The Morgan fingerprint density at radius 2 is 2.00 bits per heavy atom. The van der Waals surface area contributed by atoms with E-state index in [0.717, 1.165) is 0 Å². The van der Waals surface area contributed by atoms with Crippen LogP contribution in [0.15, 0.2) is 10.7 Å². The van der Waals surface area contributed by atoms with Gasteiger partial charge < -0.3 is 4.52 Å². The van der Waals surface area contributed by atoms with Gasteiger partial charge in [0.15, 0.2) is 0 Å². The molecular formula is C8H16N6O3S. The second kappa shape index (κ2) is 4.71. The van der Waals surface area contributed by atoms with Gasteiger partial charge in [-0.25, -0.2) is 0 Å². The van der Waals surface area contributed by atoms with E-state index in [4.69, 9.17) is 5.41 Å². The predicted octanol–water partition coefficient (Wildman–Crippen LogP) is -2.94. The van der Waals surface area contributed by atoms with E-state index < -0.39 is 10.2 Å². The van der Waals surface area contributed by atoms with Crippen molar-refractivity contribution in [2.75, 3.05) is 45.3 Å². The number of hydrogen-bond acceptors (Lipinski definition) is 5. The Labute approximate surface area is 105 Å². The van der Waals surface area contributed by atoms with Crippen molar-refractivity contribution in [1.82, 2.24) is 13.9 Å². The van der Waals surface area contributed by atoms with Crippen LogP contribution in [0.3, 0.4) is 0 Å². The standard InChI is InChI=1S/C8H16N6O3S/c1-11(2)18(15,16)13-5-3-12(4-6-13)14-7-8(9)17-10-14/h7,9H,3-6H2,1-2H3. The highest BCUT2D eigenvalue weighted by Crippen LogP contribution is 2.06. The Balaban J connectivity index is 2.03. The topological polar surface area (TPSA) is 98.8 Å². The summed E-state index contributed by atoms with van der Waals surface area (Å²) in [5.74, 6) is 0. The maximum absolute atomic E-state index is 11.9. The molecule has 0 bridgehead atoms. The Morgan fingerprint density at radius 1 is 1.39 bits per heavy atom. The summed E-state index contributed by atoms with van der Waals surface area (Å²) in [6.45, 7) is 1.77. The molecular weight excluding hydrogens is 260 g/mol. The van der Waals surface area contributed by atoms with Gasteiger partial charge in [-0.05, 0) is 5.27 Å². The molecule has 0 atom stereocenters. The van der Waals surface area contributed by atoms with Crippen LogP contribution in [0.1, 0.15) is 0 Å². The molecule has 1 aromatic rings. The van der Waals surface area contributed by atoms with Crippen LogP contribution in [0.4, 0.5) is 0 Å². The Kier molecular flexibility index (Phi) is 3.41. The lowest BCUT2D eigenvalue weighted by Crippen LogP contribution is -2.67. The summed E-state index contributed by atoms with van der Waals surface area (Å²) in [7, 11) is -0.322. The third kappa shape index (κ3) is 2.40. The quantitative estimate of drug-likeness (QED) is 0.596. The van der Waals surface area contributed by atoms with Crippen molar-refractivity contribution >= 4 is 10.2 Å². The fourth-order valence-corrected chi connectivity index (χ4v) is 2.80. The third-order valence-electron chi connectivity index (χ3n) is 2.75. The van der Waals surface area contributed by atoms with E-state index in [1.165, 1.54) is 33.7 Å². The van der Waals surface area contributed by atoms with Gasteiger partial charge in [-0.2, -0.15) is 17.0 Å². The minimum atomic E-state index is -3.35. The number of piperazine rings is 1. The zero-order valence-corrected chi connectivity index (χ0v) is 11.1. The van der Waals surface area contributed by atoms with E-state index in [1.54, 1.807) is 0 Å². The molecule has 1 aliphatic heterocycles. The summed E-state index contributed by atoms with van der Waals surface area (Å²) < 4.78 is 31.1. The zero-order valence-electron chi connectivity index (χ0n) is 10.3. The molecule has 1 aliphatic rings. The van der Waals surface area contributed by atoms with Crippen LogP contribution >= 0.6 is 0 Å². The molecule has 2 rings (SSSR count). The van der Waals surface area contributed by atoms with Crippen molar-refractivity contribution in [3.05, 3.63) is 11.8 Å². The molecule has 0 spiro atoms. The smallest absolute Gasteiger partial charge is 0.286 e. The first kappa shape index (κ1) is 13.1. The van der Waals surface area contributed by atoms with Crippen LogP contribution in [-0.2, 0) is 10.2 Å². The lowest BCUT2D eigenvalue weighted by molar-refractivity contribution is -0.764. The van der Waals surface area contributed by atoms with E-state index >= 15 is 0 Å². The van der Waals surface area contributed by atoms with Crippen LogP contribution in [0, 0.1) is 5.41 Å². The molecule has 10 heteroatoms. The Bertz CT molecular complexity index is 553. The SMILES string of the molecule is CN(C)S(=O)(=O)N1CCN([n+]2cc(=N)o[n-]2)CC1. The molecule has 0 saturated carbocycles. The van der Waals surface area contributed by atoms with Gasteiger partial charge in [0.05, 0.1) is 0 Å². The molecule has 0 radical (unpaired) electrons. The zero-order chi connectivity index (χ0) is 13.3. The molecule has 2 heterocycles. The highest BCUT2D eigenvalue weighted by atomic mass is 32.2. The van der Waals surface area contributed by atoms with Crippen LogP contribution in [0.25, 0.3) is 0 Å². The molecule has 1 N–H and O–H groups in total. The molecule has 0 unspecified atom stereocenters. The van der Waals surface area contributed by atoms with Gasteiger partial charge in [-0.3, -0.25) is 10.4 Å². The van der Waals surface area contributed by atoms with E-state index in [-0.39, 0.29) is 5.55 Å². The second-order valence-corrected chi connectivity index (χ2v) is 6.27. The molecule has 0 amide bonds. The summed E-state index contributed by atoms with van der Waals surface area (Å²) >= 11 is 0. The van der Waals surface area contributed by atoms with Gasteiger partial charge in [-0.1, -0.05) is 4.79 Å². The van der Waals surface area contributed by atoms with Gasteiger partial charge in [0.25, 0.3) is 22.0 Å². The first-order chi connectivity index (χ1) is 8.41. The average Bonchev–Trinajstić information content (AvgIpc) is 2.76. The number of aromatic nitrogens is 2. The molecule has 1 saturated heterocycles. The van der Waals surface area contributed by atoms with Crippen LogP contribution < -0.4 is 20.6 Å². The molecule has 1 fully saturated rings. The average molecular weight is 276 g/mol. The molecule has 0 aromatic carbocycles. The largest absolute Gasteiger partial charge is 0.380 e. The first-order valence-electron chi connectivity index (χ1n) is 5.44. The van der Waals surface area contributed by atoms with Crippen LogP contribution in [0.2, 0.25) is 0 Å². The third-order valence-corrected chi connectivity index (χ3v) is 4.69. The van der Waals surface area contributed by atoms with E-state index in [2.05, 4.69) is 9.79 Å². The molecule has 18 heavy (non-hydrogen) atoms. The summed E-state index contributed by atoms with van der Waals surface area (Å²) in [6, 6.07) is 0. The van der Waals surface area contributed by atoms with Crippen LogP contribution in [-0.4, -0.2) is 57.3 Å². The van der Waals surface area contributed by atoms with Crippen molar-refractivity contribution in [1.29, 1.82) is 5.41 Å². The summed E-state index contributed by atoms with van der Waals surface area (Å²) in [5, 5.41) is 12.7. The minimum Gasteiger partial charge on any atom is -0.380 e. The van der Waals surface area contributed by atoms with Gasteiger partial charge >= 0.3 is 0 Å². The highest BCUT2D eigenvalue weighted by molar-refractivity contribution is 7.86. The lowest BCUT2D eigenvalue weighted by Gasteiger charge is -2.35. The monoisotopic (exact) mass is 276 g/mol. The summed E-state index contributed by atoms with van der Waals surface area (Å²) in [6.07, 6.45) is 1.44. The van der Waals surface area contributed by atoms with Crippen molar-refractivity contribution in [2.24, 2.45) is 0 Å². The van der Waals surface area contributed by atoms with Crippen LogP contribution in [0.5, 0.6) is 0 Å². The highest BCUT2D eigenvalue weighted by Gasteiger charge is 2.28. The maximum Gasteiger partial charge on any atom is 0.286 e. The molecule has 9 nitrogen and oxygen atoms in total. The van der Waals surface area contributed by atoms with Crippen molar-refractivity contribution < 1.29 is 17.7 Å². The van der Waals surface area contributed by atoms with E-state index in [1.807, 2.05) is 5.01 Å². The van der Waals surface area contributed by atoms with Gasteiger partial charge in [0.1, 0.15) is 0 Å². The first-order valence-corrected chi connectivity index (χ1v) is 6.84. The van der Waals surface area contributed by atoms with Gasteiger partial charge in [0, 0.05) is 40.3 Å². The van der Waals surface area contributed by atoms with E-state index in [0.29, 0.717) is 26.2 Å². The fourth-order valence-electron chi connectivity index (χ4n) is 1.72. The molecule has 102 valence electrons. The minimum absolute atomic E-state index is 0.0293. The Morgan fingerprint density at radius 3 is 2.44 bits per heavy atom. The summed E-state index contributed by atoms with van der Waals surface area (Å²) in [5.41, 5.74) is -0.0293. The fraction of sp³-hybridized carbons (Fsp3) is 0.750. The van der Waals surface area contributed by atoms with Crippen molar-refractivity contribution in [2.45, 2.75) is 0 Å². The van der Waals surface area contributed by atoms with Crippen molar-refractivity contribution in [3.8, 4) is 0 Å². The normalized spacial score (nSPS) is 18.5. The van der Waals surface area contributed by atoms with Crippen molar-refractivity contribution in [3.63, 3.8) is 0 Å². The number of nitrogens with zero attached hydrogens (tertiary/aromatic N) is 5. The van der Waals surface area contributed by atoms with Gasteiger partial charge in [0.2, 0.25) is 0 Å². The molecule has 0 aliphatic carbocycles. The number of rotatable bonds is 3. The number of nitrogens with one attached hydrogen (secondary N) is 1. The predicted molar refractivity (Wildman–Crippen MR) is 60.2 cm³/mol. The van der Waals surface area contributed by atoms with E-state index in [9.17, 15) is 8.42 Å². The Hall–Kier alpha value is -1.39. The maximum atomic E-state index is 11.9. The molecule has 1 aromatic heterocycles. The second-order valence-electron chi connectivity index (χ2n) is 4.13. The lowest BCUT2D eigenvalue weighted by atomic mass is 10.4. The van der Waals surface area contributed by atoms with Gasteiger partial charge in [-0.15, -0.1) is 0 Å².